The topological polar surface area (TPSA) is 46.5 Å². The van der Waals surface area contributed by atoms with Gasteiger partial charge in [-0.25, -0.2) is 0 Å². The van der Waals surface area contributed by atoms with Gasteiger partial charge in [0.05, 0.1) is 5.69 Å². The van der Waals surface area contributed by atoms with Gasteiger partial charge in [-0.05, 0) is 19.9 Å². The molecule has 0 amide bonds. The number of hydroxylamine groups is 1. The molecule has 0 aliphatic rings. The fourth-order valence-electron chi connectivity index (χ4n) is 1.01. The molecule has 66 valence electrons. The molecule has 12 heavy (non-hydrogen) atoms. The predicted octanol–water partition coefficient (Wildman–Crippen LogP) is 1.28. The molecule has 0 unspecified atom stereocenters. The first-order valence-electron chi connectivity index (χ1n) is 3.90. The third-order valence-corrected chi connectivity index (χ3v) is 1.77. The molecule has 1 rings (SSSR count). The molecule has 0 atom stereocenters. The fraction of sp³-hybridized carbons (Fsp3) is 0.333. The van der Waals surface area contributed by atoms with E-state index in [1.165, 1.54) is 0 Å². The van der Waals surface area contributed by atoms with Crippen LogP contribution in [-0.2, 0) is 0 Å². The van der Waals surface area contributed by atoms with Crippen molar-refractivity contribution >= 4 is 5.69 Å². The summed E-state index contributed by atoms with van der Waals surface area (Å²) < 4.78 is 0. The van der Waals surface area contributed by atoms with Gasteiger partial charge in [0, 0.05) is 6.54 Å². The lowest BCUT2D eigenvalue weighted by Crippen LogP contribution is -2.18. The number of aryl methyl sites for hydroxylation is 1. The molecule has 3 heteroatoms. The van der Waals surface area contributed by atoms with E-state index in [2.05, 4.69) is 0 Å². The van der Waals surface area contributed by atoms with Crippen LogP contribution in [0.4, 0.5) is 5.69 Å². The van der Waals surface area contributed by atoms with Crippen LogP contribution in [0.25, 0.3) is 0 Å². The normalized spacial score (nSPS) is 9.92. The van der Waals surface area contributed by atoms with Gasteiger partial charge in [0.2, 0.25) is 0 Å². The molecule has 0 saturated heterocycles. The molecule has 0 bridgehead atoms. The Morgan fingerprint density at radius 3 is 2.75 bits per heavy atom. The summed E-state index contributed by atoms with van der Waals surface area (Å²) in [5.41, 5.74) is 0.998. The van der Waals surface area contributed by atoms with Crippen LogP contribution in [0.1, 0.15) is 12.5 Å². The first-order chi connectivity index (χ1) is 5.66. The molecule has 0 saturated carbocycles. The van der Waals surface area contributed by atoms with Crippen molar-refractivity contribution in [1.29, 1.82) is 0 Å². The van der Waals surface area contributed by atoms with E-state index in [0.29, 0.717) is 17.8 Å². The highest BCUT2D eigenvalue weighted by Crippen LogP contribution is 2.26. The Bertz CT molecular complexity index is 273. The van der Waals surface area contributed by atoms with E-state index in [1.807, 2.05) is 0 Å². The Morgan fingerprint density at radius 1 is 1.50 bits per heavy atom. The number of rotatable bonds is 2. The predicted molar refractivity (Wildman–Crippen MR) is 45.4 cm³/mol. The second-order valence-electron chi connectivity index (χ2n) is 2.64. The van der Waals surface area contributed by atoms with Gasteiger partial charge in [0.1, 0.15) is 0 Å². The summed E-state index contributed by atoms with van der Waals surface area (Å²) in [6.07, 6.45) is 0. The van der Waals surface area contributed by atoms with Crippen LogP contribution in [0.3, 0.4) is 0 Å². The number of benzene rings is 1. The monoisotopic (exact) mass is 166 g/mol. The second kappa shape index (κ2) is 3.45. The lowest BCUT2D eigenvalue weighted by atomic mass is 10.2. The number of para-hydroxylation sites is 1. The smallest absolute Gasteiger partial charge is 0.0558 e. The summed E-state index contributed by atoms with van der Waals surface area (Å²) in [7, 11) is 0. The van der Waals surface area contributed by atoms with Crippen molar-refractivity contribution < 1.29 is 10.3 Å². The second-order valence-corrected chi connectivity index (χ2v) is 2.64. The van der Waals surface area contributed by atoms with Crippen molar-refractivity contribution in [3.8, 4) is 5.75 Å². The number of anilines is 1. The standard InChI is InChI=1S/C9H13NO2/c1-3-10(12)8-6-4-5-7(2)9(8)11/h4-6,11-12H,3H2,1-2H3/p-1. The molecule has 1 aromatic carbocycles. The molecular weight excluding hydrogens is 154 g/mol. The zero-order valence-corrected chi connectivity index (χ0v) is 7.24. The first-order valence-corrected chi connectivity index (χ1v) is 3.90. The molecule has 0 aliphatic heterocycles. The third kappa shape index (κ3) is 1.51. The van der Waals surface area contributed by atoms with E-state index in [9.17, 15) is 10.3 Å². The maximum atomic E-state index is 11.4. The Hall–Kier alpha value is -1.22. The van der Waals surface area contributed by atoms with E-state index in [0.717, 1.165) is 5.06 Å². The quantitative estimate of drug-likeness (QED) is 0.673. The molecule has 0 fully saturated rings. The van der Waals surface area contributed by atoms with E-state index in [4.69, 9.17) is 0 Å². The molecule has 1 N–H and O–H groups in total. The van der Waals surface area contributed by atoms with E-state index in [-0.39, 0.29) is 5.75 Å². The van der Waals surface area contributed by atoms with Crippen LogP contribution >= 0.6 is 0 Å². The van der Waals surface area contributed by atoms with Gasteiger partial charge in [0.25, 0.3) is 0 Å². The van der Waals surface area contributed by atoms with E-state index >= 15 is 0 Å². The van der Waals surface area contributed by atoms with Gasteiger partial charge >= 0.3 is 0 Å². The van der Waals surface area contributed by atoms with E-state index in [1.54, 1.807) is 32.0 Å². The molecule has 3 nitrogen and oxygen atoms in total. The summed E-state index contributed by atoms with van der Waals surface area (Å²) in [6.45, 7) is 3.93. The summed E-state index contributed by atoms with van der Waals surface area (Å²) in [6, 6.07) is 5.10. The average Bonchev–Trinajstić information content (AvgIpc) is 2.08. The van der Waals surface area contributed by atoms with Crippen LogP contribution < -0.4 is 10.2 Å². The van der Waals surface area contributed by atoms with Crippen LogP contribution in [0.2, 0.25) is 0 Å². The summed E-state index contributed by atoms with van der Waals surface area (Å²) in [4.78, 5) is 0. The van der Waals surface area contributed by atoms with Crippen molar-refractivity contribution in [2.24, 2.45) is 0 Å². The molecule has 0 aromatic heterocycles. The molecule has 0 heterocycles. The zero-order valence-electron chi connectivity index (χ0n) is 7.24. The minimum Gasteiger partial charge on any atom is -0.871 e. The maximum absolute atomic E-state index is 11.4. The van der Waals surface area contributed by atoms with Gasteiger partial charge < -0.3 is 5.11 Å². The fourth-order valence-corrected chi connectivity index (χ4v) is 1.01. The first kappa shape index (κ1) is 8.87. The van der Waals surface area contributed by atoms with Crippen molar-refractivity contribution in [2.45, 2.75) is 13.8 Å². The van der Waals surface area contributed by atoms with Crippen molar-refractivity contribution in [3.05, 3.63) is 23.8 Å². The minimum absolute atomic E-state index is 0.109. The third-order valence-electron chi connectivity index (χ3n) is 1.77. The highest BCUT2D eigenvalue weighted by atomic mass is 16.5. The summed E-state index contributed by atoms with van der Waals surface area (Å²) in [5, 5.41) is 21.6. The molecule has 0 radical (unpaired) electrons. The highest BCUT2D eigenvalue weighted by Gasteiger charge is 2.00. The van der Waals surface area contributed by atoms with Gasteiger partial charge in [-0.15, -0.1) is 0 Å². The summed E-state index contributed by atoms with van der Waals surface area (Å²) in [5.74, 6) is -0.109. The van der Waals surface area contributed by atoms with Gasteiger partial charge in [-0.2, -0.15) is 0 Å². The van der Waals surface area contributed by atoms with Crippen molar-refractivity contribution in [2.75, 3.05) is 11.6 Å². The largest absolute Gasteiger partial charge is 0.871 e. The van der Waals surface area contributed by atoms with Crippen LogP contribution in [0.5, 0.6) is 5.75 Å². The van der Waals surface area contributed by atoms with Crippen LogP contribution in [-0.4, -0.2) is 11.8 Å². The van der Waals surface area contributed by atoms with Crippen molar-refractivity contribution in [3.63, 3.8) is 0 Å². The lowest BCUT2D eigenvalue weighted by molar-refractivity contribution is -0.268. The summed E-state index contributed by atoms with van der Waals surface area (Å²) >= 11 is 0. The molecule has 0 spiro atoms. The Kier molecular flexibility index (Phi) is 2.55. The average molecular weight is 166 g/mol. The van der Waals surface area contributed by atoms with Crippen LogP contribution in [0, 0.1) is 6.92 Å². The molecular formula is C9H12NO2-. The minimum atomic E-state index is -0.109. The van der Waals surface area contributed by atoms with Gasteiger partial charge in [-0.3, -0.25) is 10.3 Å². The number of hydrogen-bond donors (Lipinski definition) is 1. The molecule has 0 aliphatic carbocycles. The zero-order chi connectivity index (χ0) is 9.14. The maximum Gasteiger partial charge on any atom is 0.0558 e. The van der Waals surface area contributed by atoms with E-state index < -0.39 is 0 Å². The Balaban J connectivity index is 3.07. The Labute approximate surface area is 71.8 Å². The van der Waals surface area contributed by atoms with Crippen LogP contribution in [0.15, 0.2) is 18.2 Å². The SMILES string of the molecule is CCN(O)c1cccc(C)c1[O-]. The Morgan fingerprint density at radius 2 is 2.17 bits per heavy atom. The van der Waals surface area contributed by atoms with Crippen molar-refractivity contribution in [1.82, 2.24) is 0 Å². The highest BCUT2D eigenvalue weighted by molar-refractivity contribution is 5.58. The lowest BCUT2D eigenvalue weighted by Gasteiger charge is -2.22. The van der Waals surface area contributed by atoms with Gasteiger partial charge in [0.15, 0.2) is 0 Å². The number of nitrogens with zero attached hydrogens (tertiary/aromatic N) is 1. The van der Waals surface area contributed by atoms with Gasteiger partial charge in [-0.1, -0.05) is 23.4 Å². The molecule has 1 aromatic rings. The number of hydrogen-bond acceptors (Lipinski definition) is 3.